The van der Waals surface area contributed by atoms with Crippen molar-refractivity contribution in [2.24, 2.45) is 0 Å². The van der Waals surface area contributed by atoms with Gasteiger partial charge in [-0.25, -0.2) is 0 Å². The Morgan fingerprint density at radius 1 is 0.960 bits per heavy atom. The van der Waals surface area contributed by atoms with E-state index in [2.05, 4.69) is 5.32 Å². The second-order valence-electron chi connectivity index (χ2n) is 6.42. The number of amides is 2. The largest absolute Gasteiger partial charge is 0.350 e. The minimum Gasteiger partial charge on any atom is -0.350 e. The Bertz CT molecular complexity index is 768. The molecule has 2 aromatic rings. The first kappa shape index (κ1) is 18.7. The van der Waals surface area contributed by atoms with Crippen LogP contribution in [-0.4, -0.2) is 29.8 Å². The van der Waals surface area contributed by atoms with Crippen LogP contribution in [0.4, 0.5) is 0 Å². The molecule has 0 aliphatic carbocycles. The summed E-state index contributed by atoms with van der Waals surface area (Å²) in [6.07, 6.45) is 0. The van der Waals surface area contributed by atoms with E-state index in [0.717, 1.165) is 22.3 Å². The fourth-order valence-corrected chi connectivity index (χ4v) is 2.63. The SMILES string of the molecule is CC(=O)N(CCNC(=O)c1ccc(C)c(C)c1)Cc1ccccc1C. The minimum absolute atomic E-state index is 0.00341. The first-order valence-corrected chi connectivity index (χ1v) is 8.54. The topological polar surface area (TPSA) is 49.4 Å². The van der Waals surface area contributed by atoms with Crippen LogP contribution in [0.3, 0.4) is 0 Å². The molecule has 0 heterocycles. The maximum absolute atomic E-state index is 12.3. The lowest BCUT2D eigenvalue weighted by Gasteiger charge is -2.22. The molecular weight excluding hydrogens is 312 g/mol. The molecule has 0 radical (unpaired) electrons. The van der Waals surface area contributed by atoms with Gasteiger partial charge in [0.05, 0.1) is 0 Å². The highest BCUT2D eigenvalue weighted by Crippen LogP contribution is 2.11. The number of hydrogen-bond donors (Lipinski definition) is 1. The summed E-state index contributed by atoms with van der Waals surface area (Å²) in [4.78, 5) is 25.9. The normalized spacial score (nSPS) is 10.4. The van der Waals surface area contributed by atoms with Crippen molar-refractivity contribution >= 4 is 11.8 Å². The summed E-state index contributed by atoms with van der Waals surface area (Å²) >= 11 is 0. The van der Waals surface area contributed by atoms with Crippen LogP contribution in [0.15, 0.2) is 42.5 Å². The number of hydrogen-bond acceptors (Lipinski definition) is 2. The molecule has 0 aromatic heterocycles. The third-order valence-corrected chi connectivity index (χ3v) is 4.50. The van der Waals surface area contributed by atoms with E-state index >= 15 is 0 Å². The van der Waals surface area contributed by atoms with E-state index in [9.17, 15) is 9.59 Å². The molecular formula is C21H26N2O2. The molecule has 0 aliphatic heterocycles. The molecule has 0 atom stereocenters. The van der Waals surface area contributed by atoms with Gasteiger partial charge in [-0.05, 0) is 55.2 Å². The van der Waals surface area contributed by atoms with Gasteiger partial charge in [0.25, 0.3) is 5.91 Å². The number of benzene rings is 2. The average molecular weight is 338 g/mol. The van der Waals surface area contributed by atoms with Crippen LogP contribution in [0.5, 0.6) is 0 Å². The Hall–Kier alpha value is -2.62. The second-order valence-corrected chi connectivity index (χ2v) is 6.42. The van der Waals surface area contributed by atoms with Gasteiger partial charge in [-0.15, -0.1) is 0 Å². The smallest absolute Gasteiger partial charge is 0.251 e. The van der Waals surface area contributed by atoms with Crippen LogP contribution < -0.4 is 5.32 Å². The fourth-order valence-electron chi connectivity index (χ4n) is 2.63. The highest BCUT2D eigenvalue weighted by atomic mass is 16.2. The molecule has 0 aliphatic rings. The second kappa shape index (κ2) is 8.47. The summed E-state index contributed by atoms with van der Waals surface area (Å²) in [6, 6.07) is 13.7. The molecule has 2 amide bonds. The molecule has 4 nitrogen and oxygen atoms in total. The maximum Gasteiger partial charge on any atom is 0.251 e. The fraction of sp³-hybridized carbons (Fsp3) is 0.333. The predicted molar refractivity (Wildman–Crippen MR) is 101 cm³/mol. The standard InChI is InChI=1S/C21H26N2O2/c1-15-9-10-19(13-17(15)3)21(25)22-11-12-23(18(4)24)14-20-8-6-5-7-16(20)2/h5-10,13H,11-12,14H2,1-4H3,(H,22,25). The molecule has 4 heteroatoms. The van der Waals surface area contributed by atoms with Gasteiger partial charge >= 0.3 is 0 Å². The Morgan fingerprint density at radius 3 is 2.32 bits per heavy atom. The van der Waals surface area contributed by atoms with E-state index < -0.39 is 0 Å². The van der Waals surface area contributed by atoms with Crippen molar-refractivity contribution in [1.29, 1.82) is 0 Å². The van der Waals surface area contributed by atoms with Crippen LogP contribution in [0, 0.1) is 20.8 Å². The summed E-state index contributed by atoms with van der Waals surface area (Å²) in [5.74, 6) is -0.105. The Morgan fingerprint density at radius 2 is 1.68 bits per heavy atom. The minimum atomic E-state index is -0.109. The van der Waals surface area contributed by atoms with Crippen molar-refractivity contribution in [3.05, 3.63) is 70.3 Å². The van der Waals surface area contributed by atoms with E-state index in [0.29, 0.717) is 25.2 Å². The lowest BCUT2D eigenvalue weighted by Crippen LogP contribution is -2.37. The number of nitrogens with zero attached hydrogens (tertiary/aromatic N) is 1. The summed E-state index contributed by atoms with van der Waals surface area (Å²) in [7, 11) is 0. The monoisotopic (exact) mass is 338 g/mol. The van der Waals surface area contributed by atoms with Gasteiger partial charge in [0.2, 0.25) is 5.91 Å². The average Bonchev–Trinajstić information content (AvgIpc) is 2.57. The summed E-state index contributed by atoms with van der Waals surface area (Å²) in [5.41, 5.74) is 5.19. The van der Waals surface area contributed by atoms with Crippen molar-refractivity contribution in [3.63, 3.8) is 0 Å². The van der Waals surface area contributed by atoms with E-state index in [4.69, 9.17) is 0 Å². The molecule has 25 heavy (non-hydrogen) atoms. The zero-order chi connectivity index (χ0) is 18.4. The maximum atomic E-state index is 12.3. The molecule has 2 aromatic carbocycles. The van der Waals surface area contributed by atoms with Gasteiger partial charge in [-0.2, -0.15) is 0 Å². The third-order valence-electron chi connectivity index (χ3n) is 4.50. The Kier molecular flexibility index (Phi) is 6.34. The first-order valence-electron chi connectivity index (χ1n) is 8.54. The van der Waals surface area contributed by atoms with E-state index in [1.165, 1.54) is 0 Å². The van der Waals surface area contributed by atoms with Crippen LogP contribution in [0.1, 0.15) is 39.5 Å². The Balaban J connectivity index is 1.93. The quantitative estimate of drug-likeness (QED) is 0.878. The first-order chi connectivity index (χ1) is 11.9. The number of nitrogens with one attached hydrogen (secondary N) is 1. The summed E-state index contributed by atoms with van der Waals surface area (Å²) in [6.45, 7) is 9.08. The van der Waals surface area contributed by atoms with E-state index in [-0.39, 0.29) is 11.8 Å². The number of aryl methyl sites for hydroxylation is 3. The van der Waals surface area contributed by atoms with Crippen LogP contribution >= 0.6 is 0 Å². The zero-order valence-electron chi connectivity index (χ0n) is 15.4. The zero-order valence-corrected chi connectivity index (χ0v) is 15.4. The molecule has 0 saturated heterocycles. The number of rotatable bonds is 6. The third kappa shape index (κ3) is 5.18. The molecule has 2 rings (SSSR count). The predicted octanol–water partition coefficient (Wildman–Crippen LogP) is 3.39. The van der Waals surface area contributed by atoms with Crippen molar-refractivity contribution < 1.29 is 9.59 Å². The molecule has 0 unspecified atom stereocenters. The van der Waals surface area contributed by atoms with E-state index in [1.807, 2.05) is 63.2 Å². The number of carbonyl (C=O) groups excluding carboxylic acids is 2. The van der Waals surface area contributed by atoms with Gasteiger partial charge in [0.1, 0.15) is 0 Å². The highest BCUT2D eigenvalue weighted by molar-refractivity contribution is 5.94. The molecule has 132 valence electrons. The van der Waals surface area contributed by atoms with Crippen LogP contribution in [0.25, 0.3) is 0 Å². The molecule has 0 saturated carbocycles. The van der Waals surface area contributed by atoms with Gasteiger partial charge in [-0.3, -0.25) is 9.59 Å². The lowest BCUT2D eigenvalue weighted by atomic mass is 10.1. The van der Waals surface area contributed by atoms with Gasteiger partial charge in [0.15, 0.2) is 0 Å². The van der Waals surface area contributed by atoms with Crippen molar-refractivity contribution in [2.75, 3.05) is 13.1 Å². The summed E-state index contributed by atoms with van der Waals surface area (Å²) < 4.78 is 0. The highest BCUT2D eigenvalue weighted by Gasteiger charge is 2.12. The van der Waals surface area contributed by atoms with Crippen molar-refractivity contribution in [2.45, 2.75) is 34.2 Å². The summed E-state index contributed by atoms with van der Waals surface area (Å²) in [5, 5.41) is 2.90. The molecule has 0 bridgehead atoms. The van der Waals surface area contributed by atoms with Crippen molar-refractivity contribution in [1.82, 2.24) is 10.2 Å². The van der Waals surface area contributed by atoms with Crippen molar-refractivity contribution in [3.8, 4) is 0 Å². The van der Waals surface area contributed by atoms with Gasteiger partial charge in [0, 0.05) is 32.1 Å². The molecule has 0 fully saturated rings. The van der Waals surface area contributed by atoms with Gasteiger partial charge < -0.3 is 10.2 Å². The Labute approximate surface area is 149 Å². The van der Waals surface area contributed by atoms with E-state index in [1.54, 1.807) is 11.8 Å². The molecule has 0 spiro atoms. The van der Waals surface area contributed by atoms with Gasteiger partial charge in [-0.1, -0.05) is 30.3 Å². The molecule has 1 N–H and O–H groups in total. The lowest BCUT2D eigenvalue weighted by molar-refractivity contribution is -0.129. The van der Waals surface area contributed by atoms with Crippen LogP contribution in [0.2, 0.25) is 0 Å². The van der Waals surface area contributed by atoms with Crippen LogP contribution in [-0.2, 0) is 11.3 Å². The number of carbonyl (C=O) groups is 2.